The average Bonchev–Trinajstić information content (AvgIpc) is 2.97. The molecule has 0 aliphatic heterocycles. The molecule has 3 rings (SSSR count). The van der Waals surface area contributed by atoms with E-state index in [9.17, 15) is 9.50 Å². The van der Waals surface area contributed by atoms with E-state index in [0.717, 1.165) is 23.0 Å². The van der Waals surface area contributed by atoms with Gasteiger partial charge in [0.1, 0.15) is 5.82 Å². The average molecular weight is 312 g/mol. The summed E-state index contributed by atoms with van der Waals surface area (Å²) in [7, 11) is 0. The Morgan fingerprint density at radius 1 is 1.13 bits per heavy atom. The lowest BCUT2D eigenvalue weighted by atomic mass is 10.0. The maximum absolute atomic E-state index is 13.4. The van der Waals surface area contributed by atoms with Crippen LogP contribution in [0.2, 0.25) is 0 Å². The van der Waals surface area contributed by atoms with Crippen molar-refractivity contribution >= 4 is 10.9 Å². The van der Waals surface area contributed by atoms with E-state index in [2.05, 4.69) is 5.32 Å². The molecule has 4 heteroatoms. The van der Waals surface area contributed by atoms with Crippen LogP contribution in [0.4, 0.5) is 4.39 Å². The standard InChI is InChI=1S/C19H21FN2O/c1-2-21-13-18(23)19(14-6-4-3-5-7-14)22-11-10-15-12-16(20)8-9-17(15)22/h3-12,18-19,21,23H,2,13H2,1H3/t18-,19-/m0/s1. The molecule has 0 aliphatic carbocycles. The van der Waals surface area contributed by atoms with Gasteiger partial charge < -0.3 is 15.0 Å². The Balaban J connectivity index is 2.06. The molecule has 0 fully saturated rings. The van der Waals surface area contributed by atoms with Crippen LogP contribution in [-0.2, 0) is 0 Å². The summed E-state index contributed by atoms with van der Waals surface area (Å²) >= 11 is 0. The van der Waals surface area contributed by atoms with Crippen molar-refractivity contribution < 1.29 is 9.50 Å². The van der Waals surface area contributed by atoms with Gasteiger partial charge in [0, 0.05) is 23.6 Å². The van der Waals surface area contributed by atoms with Crippen LogP contribution in [0.3, 0.4) is 0 Å². The summed E-state index contributed by atoms with van der Waals surface area (Å²) in [5.41, 5.74) is 1.94. The molecule has 0 saturated carbocycles. The minimum absolute atomic E-state index is 0.224. The molecule has 0 bridgehead atoms. The molecule has 3 nitrogen and oxygen atoms in total. The molecule has 1 aromatic heterocycles. The number of likely N-dealkylation sites (N-methyl/N-ethyl adjacent to an activating group) is 1. The minimum Gasteiger partial charge on any atom is -0.389 e. The Labute approximate surface area is 135 Å². The predicted molar refractivity (Wildman–Crippen MR) is 91.0 cm³/mol. The van der Waals surface area contributed by atoms with Gasteiger partial charge in [-0.25, -0.2) is 4.39 Å². The highest BCUT2D eigenvalue weighted by Gasteiger charge is 2.23. The van der Waals surface area contributed by atoms with Gasteiger partial charge in [-0.1, -0.05) is 37.3 Å². The number of aliphatic hydroxyl groups excluding tert-OH is 1. The molecule has 3 aromatic rings. The molecule has 2 N–H and O–H groups in total. The lowest BCUT2D eigenvalue weighted by Gasteiger charge is -2.26. The molecular formula is C19H21FN2O. The molecule has 0 unspecified atom stereocenters. The number of halogens is 1. The predicted octanol–water partition coefficient (Wildman–Crippen LogP) is 3.34. The minimum atomic E-state index is -0.585. The summed E-state index contributed by atoms with van der Waals surface area (Å²) in [5.74, 6) is -0.250. The molecule has 23 heavy (non-hydrogen) atoms. The van der Waals surface area contributed by atoms with E-state index in [-0.39, 0.29) is 11.9 Å². The first-order valence-electron chi connectivity index (χ1n) is 7.90. The van der Waals surface area contributed by atoms with Crippen molar-refractivity contribution in [2.45, 2.75) is 19.1 Å². The molecule has 0 radical (unpaired) electrons. The number of fused-ring (bicyclic) bond motifs is 1. The van der Waals surface area contributed by atoms with Crippen LogP contribution in [-0.4, -0.2) is 28.9 Å². The molecule has 120 valence electrons. The monoisotopic (exact) mass is 312 g/mol. The SMILES string of the molecule is CCNC[C@H](O)[C@H](c1ccccc1)n1ccc2cc(F)ccc21. The van der Waals surface area contributed by atoms with E-state index in [4.69, 9.17) is 0 Å². The second-order valence-electron chi connectivity index (χ2n) is 5.66. The van der Waals surface area contributed by atoms with Crippen molar-refractivity contribution in [1.82, 2.24) is 9.88 Å². The maximum Gasteiger partial charge on any atom is 0.123 e. The first kappa shape index (κ1) is 15.7. The summed E-state index contributed by atoms with van der Waals surface area (Å²) in [6, 6.07) is 16.3. The molecule has 0 spiro atoms. The molecule has 0 saturated heterocycles. The molecule has 2 aromatic carbocycles. The van der Waals surface area contributed by atoms with E-state index < -0.39 is 6.10 Å². The van der Waals surface area contributed by atoms with Crippen LogP contribution in [0.25, 0.3) is 10.9 Å². The van der Waals surface area contributed by atoms with Crippen LogP contribution in [0.1, 0.15) is 18.5 Å². The van der Waals surface area contributed by atoms with E-state index in [1.807, 2.05) is 54.1 Å². The fourth-order valence-corrected chi connectivity index (χ4v) is 3.00. The van der Waals surface area contributed by atoms with Crippen molar-refractivity contribution in [2.75, 3.05) is 13.1 Å². The zero-order chi connectivity index (χ0) is 16.2. The Bertz CT molecular complexity index is 769. The van der Waals surface area contributed by atoms with E-state index in [1.165, 1.54) is 12.1 Å². The van der Waals surface area contributed by atoms with Crippen LogP contribution < -0.4 is 5.32 Å². The largest absolute Gasteiger partial charge is 0.389 e. The van der Waals surface area contributed by atoms with Crippen LogP contribution in [0.5, 0.6) is 0 Å². The summed E-state index contributed by atoms with van der Waals surface area (Å²) in [4.78, 5) is 0. The molecule has 2 atom stereocenters. The number of nitrogens with zero attached hydrogens (tertiary/aromatic N) is 1. The number of aliphatic hydroxyl groups is 1. The second-order valence-corrected chi connectivity index (χ2v) is 5.66. The van der Waals surface area contributed by atoms with Gasteiger partial charge in [-0.3, -0.25) is 0 Å². The van der Waals surface area contributed by atoms with Gasteiger partial charge in [-0.15, -0.1) is 0 Å². The molecular weight excluding hydrogens is 291 g/mol. The lowest BCUT2D eigenvalue weighted by molar-refractivity contribution is 0.130. The Morgan fingerprint density at radius 3 is 2.65 bits per heavy atom. The second kappa shape index (κ2) is 6.94. The highest BCUT2D eigenvalue weighted by Crippen LogP contribution is 2.28. The van der Waals surface area contributed by atoms with Gasteiger partial charge >= 0.3 is 0 Å². The fraction of sp³-hybridized carbons (Fsp3) is 0.263. The Kier molecular flexibility index (Phi) is 4.74. The smallest absolute Gasteiger partial charge is 0.123 e. The van der Waals surface area contributed by atoms with E-state index >= 15 is 0 Å². The summed E-state index contributed by atoms with van der Waals surface area (Å²) < 4.78 is 15.4. The third kappa shape index (κ3) is 3.28. The van der Waals surface area contributed by atoms with Crippen LogP contribution in [0, 0.1) is 5.82 Å². The number of hydrogen-bond donors (Lipinski definition) is 2. The molecule has 1 heterocycles. The number of benzene rings is 2. The van der Waals surface area contributed by atoms with E-state index in [0.29, 0.717) is 6.54 Å². The zero-order valence-corrected chi connectivity index (χ0v) is 13.1. The third-order valence-electron chi connectivity index (χ3n) is 4.09. The summed E-state index contributed by atoms with van der Waals surface area (Å²) in [6.07, 6.45) is 1.33. The number of rotatable bonds is 6. The van der Waals surface area contributed by atoms with Gasteiger partial charge in [-0.05, 0) is 36.4 Å². The van der Waals surface area contributed by atoms with Crippen molar-refractivity contribution in [3.8, 4) is 0 Å². The summed E-state index contributed by atoms with van der Waals surface area (Å²) in [5, 5.41) is 14.8. The van der Waals surface area contributed by atoms with Crippen molar-refractivity contribution in [1.29, 1.82) is 0 Å². The van der Waals surface area contributed by atoms with Gasteiger partial charge in [0.05, 0.1) is 12.1 Å². The third-order valence-corrected chi connectivity index (χ3v) is 4.09. The zero-order valence-electron chi connectivity index (χ0n) is 13.1. The van der Waals surface area contributed by atoms with Crippen LogP contribution in [0.15, 0.2) is 60.8 Å². The van der Waals surface area contributed by atoms with Gasteiger partial charge in [0.15, 0.2) is 0 Å². The van der Waals surface area contributed by atoms with E-state index in [1.54, 1.807) is 6.07 Å². The van der Waals surface area contributed by atoms with Gasteiger partial charge in [-0.2, -0.15) is 0 Å². The maximum atomic E-state index is 13.4. The first-order valence-corrected chi connectivity index (χ1v) is 7.90. The van der Waals surface area contributed by atoms with Crippen LogP contribution >= 0.6 is 0 Å². The lowest BCUT2D eigenvalue weighted by Crippen LogP contribution is -2.34. The van der Waals surface area contributed by atoms with Gasteiger partial charge in [0.2, 0.25) is 0 Å². The number of aromatic nitrogens is 1. The fourth-order valence-electron chi connectivity index (χ4n) is 3.00. The van der Waals surface area contributed by atoms with Crippen molar-refractivity contribution in [2.24, 2.45) is 0 Å². The highest BCUT2D eigenvalue weighted by atomic mass is 19.1. The highest BCUT2D eigenvalue weighted by molar-refractivity contribution is 5.80. The molecule has 0 aliphatic rings. The first-order chi connectivity index (χ1) is 11.2. The van der Waals surface area contributed by atoms with Gasteiger partial charge in [0.25, 0.3) is 0 Å². The Hall–Kier alpha value is -2.17. The quantitative estimate of drug-likeness (QED) is 0.732. The summed E-state index contributed by atoms with van der Waals surface area (Å²) in [6.45, 7) is 3.31. The van der Waals surface area contributed by atoms with Crippen molar-refractivity contribution in [3.05, 3.63) is 72.2 Å². The topological polar surface area (TPSA) is 37.2 Å². The molecule has 0 amide bonds. The number of nitrogens with one attached hydrogen (secondary N) is 1. The number of hydrogen-bond acceptors (Lipinski definition) is 2. The normalized spacial score (nSPS) is 14.0. The van der Waals surface area contributed by atoms with Crippen molar-refractivity contribution in [3.63, 3.8) is 0 Å². The Morgan fingerprint density at radius 2 is 1.91 bits per heavy atom.